The predicted octanol–water partition coefficient (Wildman–Crippen LogP) is 3.84. The Bertz CT molecular complexity index is 426. The second-order valence-corrected chi connectivity index (χ2v) is 5.54. The van der Waals surface area contributed by atoms with Gasteiger partial charge in [0.25, 0.3) is 5.91 Å². The molecule has 5 heteroatoms. The fraction of sp³-hybridized carbons (Fsp3) is 0.500. The van der Waals surface area contributed by atoms with Gasteiger partial charge in [0.15, 0.2) is 0 Å². The van der Waals surface area contributed by atoms with Crippen molar-refractivity contribution in [2.75, 3.05) is 19.5 Å². The number of ether oxygens (including phenoxy) is 1. The molecule has 0 aliphatic rings. The lowest BCUT2D eigenvalue weighted by Gasteiger charge is -2.14. The lowest BCUT2D eigenvalue weighted by Crippen LogP contribution is -2.29. The minimum Gasteiger partial charge on any atom is -0.496 e. The van der Waals surface area contributed by atoms with Gasteiger partial charge in [0, 0.05) is 18.0 Å². The largest absolute Gasteiger partial charge is 0.496 e. The standard InChI is InChI=1S/C14H19BrClNO2/c1-3-10(6-7-16)9-17-14(18)11-4-5-13(19-2)12(15)8-11/h4-5,8,10H,3,6-7,9H2,1-2H3,(H,17,18). The number of carbonyl (C=O) groups is 1. The average molecular weight is 349 g/mol. The Morgan fingerprint density at radius 1 is 1.53 bits per heavy atom. The Labute approximate surface area is 127 Å². The number of benzene rings is 1. The van der Waals surface area contributed by atoms with E-state index in [0.29, 0.717) is 29.7 Å². The summed E-state index contributed by atoms with van der Waals surface area (Å²) >= 11 is 9.10. The SMILES string of the molecule is CCC(CCCl)CNC(=O)c1ccc(OC)c(Br)c1. The van der Waals surface area contributed by atoms with Crippen molar-refractivity contribution in [3.05, 3.63) is 28.2 Å². The minimum absolute atomic E-state index is 0.0728. The van der Waals surface area contributed by atoms with Gasteiger partial charge in [-0.05, 0) is 46.5 Å². The summed E-state index contributed by atoms with van der Waals surface area (Å²) in [5, 5.41) is 2.94. The number of carbonyl (C=O) groups excluding carboxylic acids is 1. The highest BCUT2D eigenvalue weighted by molar-refractivity contribution is 9.10. The molecule has 0 aliphatic heterocycles. The summed E-state index contributed by atoms with van der Waals surface area (Å²) in [5.74, 6) is 1.70. The number of alkyl halides is 1. The maximum absolute atomic E-state index is 12.0. The van der Waals surface area contributed by atoms with E-state index in [2.05, 4.69) is 28.2 Å². The van der Waals surface area contributed by atoms with Gasteiger partial charge in [-0.2, -0.15) is 0 Å². The summed E-state index contributed by atoms with van der Waals surface area (Å²) in [6, 6.07) is 5.28. The van der Waals surface area contributed by atoms with Crippen LogP contribution in [0.1, 0.15) is 30.1 Å². The number of amides is 1. The van der Waals surface area contributed by atoms with Crippen LogP contribution in [0.4, 0.5) is 0 Å². The molecule has 0 fully saturated rings. The van der Waals surface area contributed by atoms with Crippen LogP contribution >= 0.6 is 27.5 Å². The Morgan fingerprint density at radius 2 is 2.26 bits per heavy atom. The summed E-state index contributed by atoms with van der Waals surface area (Å²) in [6.07, 6.45) is 1.93. The van der Waals surface area contributed by atoms with Crippen LogP contribution in [0.15, 0.2) is 22.7 Å². The van der Waals surface area contributed by atoms with Crippen molar-refractivity contribution >= 4 is 33.4 Å². The predicted molar refractivity (Wildman–Crippen MR) is 82.1 cm³/mol. The van der Waals surface area contributed by atoms with Gasteiger partial charge in [0.2, 0.25) is 0 Å². The first-order valence-corrected chi connectivity index (χ1v) is 7.62. The first-order chi connectivity index (χ1) is 9.12. The molecule has 0 aromatic heterocycles. The molecule has 0 saturated carbocycles. The van der Waals surface area contributed by atoms with Gasteiger partial charge in [-0.25, -0.2) is 0 Å². The van der Waals surface area contributed by atoms with Crippen LogP contribution in [0, 0.1) is 5.92 Å². The molecular formula is C14H19BrClNO2. The fourth-order valence-corrected chi connectivity index (χ4v) is 2.60. The van der Waals surface area contributed by atoms with Gasteiger partial charge >= 0.3 is 0 Å². The zero-order valence-corrected chi connectivity index (χ0v) is 13.6. The van der Waals surface area contributed by atoms with Gasteiger partial charge in [-0.1, -0.05) is 13.3 Å². The highest BCUT2D eigenvalue weighted by Gasteiger charge is 2.11. The maximum atomic E-state index is 12.0. The van der Waals surface area contributed by atoms with Crippen molar-refractivity contribution in [1.82, 2.24) is 5.32 Å². The normalized spacial score (nSPS) is 12.0. The molecule has 106 valence electrons. The van der Waals surface area contributed by atoms with Gasteiger partial charge in [-0.15, -0.1) is 11.6 Å². The highest BCUT2D eigenvalue weighted by atomic mass is 79.9. The lowest BCUT2D eigenvalue weighted by molar-refractivity contribution is 0.0946. The smallest absolute Gasteiger partial charge is 0.251 e. The number of rotatable bonds is 7. The Morgan fingerprint density at radius 3 is 2.79 bits per heavy atom. The zero-order valence-electron chi connectivity index (χ0n) is 11.2. The third kappa shape index (κ3) is 5.03. The van der Waals surface area contributed by atoms with E-state index >= 15 is 0 Å². The molecule has 0 heterocycles. The van der Waals surface area contributed by atoms with E-state index in [0.717, 1.165) is 17.3 Å². The highest BCUT2D eigenvalue weighted by Crippen LogP contribution is 2.25. The van der Waals surface area contributed by atoms with E-state index in [-0.39, 0.29) is 5.91 Å². The molecule has 1 unspecified atom stereocenters. The first kappa shape index (κ1) is 16.3. The maximum Gasteiger partial charge on any atom is 0.251 e. The van der Waals surface area contributed by atoms with Crippen LogP contribution in [-0.4, -0.2) is 25.4 Å². The van der Waals surface area contributed by atoms with E-state index < -0.39 is 0 Å². The third-order valence-corrected chi connectivity index (χ3v) is 3.90. The van der Waals surface area contributed by atoms with Crippen LogP contribution in [0.2, 0.25) is 0 Å². The average Bonchev–Trinajstić information content (AvgIpc) is 2.42. The van der Waals surface area contributed by atoms with Crippen molar-refractivity contribution in [1.29, 1.82) is 0 Å². The molecule has 0 bridgehead atoms. The number of hydrogen-bond donors (Lipinski definition) is 1. The van der Waals surface area contributed by atoms with E-state index in [1.54, 1.807) is 25.3 Å². The van der Waals surface area contributed by atoms with Crippen LogP contribution in [0.3, 0.4) is 0 Å². The fourth-order valence-electron chi connectivity index (χ4n) is 1.75. The van der Waals surface area contributed by atoms with Gasteiger partial charge in [0.1, 0.15) is 5.75 Å². The molecule has 0 spiro atoms. The topological polar surface area (TPSA) is 38.3 Å². The second-order valence-electron chi connectivity index (χ2n) is 4.31. The molecule has 0 saturated heterocycles. The molecule has 1 N–H and O–H groups in total. The van der Waals surface area contributed by atoms with E-state index in [1.165, 1.54) is 0 Å². The quantitative estimate of drug-likeness (QED) is 0.760. The summed E-state index contributed by atoms with van der Waals surface area (Å²) in [6.45, 7) is 2.76. The van der Waals surface area contributed by atoms with Crippen LogP contribution < -0.4 is 10.1 Å². The minimum atomic E-state index is -0.0728. The summed E-state index contributed by atoms with van der Waals surface area (Å²) in [4.78, 5) is 12.0. The Hall–Kier alpha value is -0.740. The third-order valence-electron chi connectivity index (χ3n) is 3.06. The lowest BCUT2D eigenvalue weighted by atomic mass is 10.0. The van der Waals surface area contributed by atoms with Gasteiger partial charge in [0.05, 0.1) is 11.6 Å². The van der Waals surface area contributed by atoms with Crippen LogP contribution in [0.5, 0.6) is 5.75 Å². The van der Waals surface area contributed by atoms with Crippen LogP contribution in [0.25, 0.3) is 0 Å². The molecule has 0 aliphatic carbocycles. The number of methoxy groups -OCH3 is 1. The molecule has 19 heavy (non-hydrogen) atoms. The molecule has 3 nitrogen and oxygen atoms in total. The second kappa shape index (κ2) is 8.43. The molecule has 1 aromatic carbocycles. The van der Waals surface area contributed by atoms with E-state index in [1.807, 2.05) is 0 Å². The molecule has 1 rings (SSSR count). The number of nitrogens with one attached hydrogen (secondary N) is 1. The monoisotopic (exact) mass is 347 g/mol. The Kier molecular flexibility index (Phi) is 7.24. The first-order valence-electron chi connectivity index (χ1n) is 6.30. The van der Waals surface area contributed by atoms with Crippen molar-refractivity contribution in [3.63, 3.8) is 0 Å². The zero-order chi connectivity index (χ0) is 14.3. The molecule has 1 amide bonds. The summed E-state index contributed by atoms with van der Waals surface area (Å²) in [5.41, 5.74) is 0.619. The van der Waals surface area contributed by atoms with Crippen molar-refractivity contribution in [2.24, 2.45) is 5.92 Å². The van der Waals surface area contributed by atoms with E-state index in [9.17, 15) is 4.79 Å². The summed E-state index contributed by atoms with van der Waals surface area (Å²) < 4.78 is 5.91. The molecule has 1 aromatic rings. The van der Waals surface area contributed by atoms with Gasteiger partial charge in [-0.3, -0.25) is 4.79 Å². The molecule has 0 radical (unpaired) electrons. The van der Waals surface area contributed by atoms with Gasteiger partial charge < -0.3 is 10.1 Å². The van der Waals surface area contributed by atoms with Crippen LogP contribution in [-0.2, 0) is 0 Å². The molecular weight excluding hydrogens is 330 g/mol. The van der Waals surface area contributed by atoms with E-state index in [4.69, 9.17) is 16.3 Å². The number of hydrogen-bond acceptors (Lipinski definition) is 2. The van der Waals surface area contributed by atoms with Crippen molar-refractivity contribution in [2.45, 2.75) is 19.8 Å². The summed E-state index contributed by atoms with van der Waals surface area (Å²) in [7, 11) is 1.60. The molecule has 1 atom stereocenters. The number of halogens is 2. The Balaban J connectivity index is 2.60. The van der Waals surface area contributed by atoms with Crippen molar-refractivity contribution < 1.29 is 9.53 Å². The van der Waals surface area contributed by atoms with Crippen molar-refractivity contribution in [3.8, 4) is 5.75 Å².